The summed E-state index contributed by atoms with van der Waals surface area (Å²) in [6, 6.07) is 10.1. The van der Waals surface area contributed by atoms with Crippen LogP contribution in [0.1, 0.15) is 12.0 Å². The normalized spacial score (nSPS) is 19.1. The fraction of sp³-hybridized carbons (Fsp3) is 0.250. The molecule has 96 valence electrons. The van der Waals surface area contributed by atoms with Crippen molar-refractivity contribution in [3.8, 4) is 0 Å². The zero-order valence-electron chi connectivity index (χ0n) is 10.7. The highest BCUT2D eigenvalue weighted by Crippen LogP contribution is 2.22. The molecule has 2 aromatic rings. The van der Waals surface area contributed by atoms with Crippen LogP contribution in [0.2, 0.25) is 0 Å². The van der Waals surface area contributed by atoms with Crippen LogP contribution in [0.25, 0.3) is 10.9 Å². The molecule has 1 aromatic carbocycles. The van der Waals surface area contributed by atoms with Crippen molar-refractivity contribution in [2.24, 2.45) is 5.92 Å². The highest BCUT2D eigenvalue weighted by atomic mass is 16.2. The zero-order valence-corrected chi connectivity index (χ0v) is 10.7. The SMILES string of the molecule is C=CC1CC(=O)N(Cc2ccc3ncccc3c2)C1. The molecule has 1 aliphatic heterocycles. The van der Waals surface area contributed by atoms with Gasteiger partial charge in [0.05, 0.1) is 5.52 Å². The number of amides is 1. The maximum Gasteiger partial charge on any atom is 0.223 e. The van der Waals surface area contributed by atoms with Gasteiger partial charge in [0.25, 0.3) is 0 Å². The Morgan fingerprint density at radius 2 is 2.32 bits per heavy atom. The maximum absolute atomic E-state index is 11.9. The predicted octanol–water partition coefficient (Wildman–Crippen LogP) is 2.77. The molecule has 1 aromatic heterocycles. The van der Waals surface area contributed by atoms with Crippen LogP contribution in [0.5, 0.6) is 0 Å². The Kier molecular flexibility index (Phi) is 3.03. The average Bonchev–Trinajstić information content (AvgIpc) is 2.79. The lowest BCUT2D eigenvalue weighted by molar-refractivity contribution is -0.128. The van der Waals surface area contributed by atoms with E-state index in [4.69, 9.17) is 0 Å². The molecular formula is C16H16N2O. The molecule has 3 rings (SSSR count). The smallest absolute Gasteiger partial charge is 0.223 e. The van der Waals surface area contributed by atoms with Gasteiger partial charge >= 0.3 is 0 Å². The molecule has 2 heterocycles. The highest BCUT2D eigenvalue weighted by molar-refractivity contribution is 5.80. The number of fused-ring (bicyclic) bond motifs is 1. The third-order valence-corrected chi connectivity index (χ3v) is 3.62. The van der Waals surface area contributed by atoms with Crippen molar-refractivity contribution in [3.63, 3.8) is 0 Å². The van der Waals surface area contributed by atoms with Crippen molar-refractivity contribution < 1.29 is 4.79 Å². The van der Waals surface area contributed by atoms with Crippen LogP contribution in [0.15, 0.2) is 49.2 Å². The second kappa shape index (κ2) is 4.84. The number of rotatable bonds is 3. The first-order valence-corrected chi connectivity index (χ1v) is 6.50. The number of hydrogen-bond donors (Lipinski definition) is 0. The Morgan fingerprint density at radius 1 is 1.42 bits per heavy atom. The molecule has 0 radical (unpaired) electrons. The van der Waals surface area contributed by atoms with Crippen LogP contribution in [-0.2, 0) is 11.3 Å². The molecule has 1 atom stereocenters. The lowest BCUT2D eigenvalue weighted by Gasteiger charge is -2.16. The van der Waals surface area contributed by atoms with Crippen molar-refractivity contribution in [2.75, 3.05) is 6.54 Å². The summed E-state index contributed by atoms with van der Waals surface area (Å²) < 4.78 is 0. The molecule has 0 aliphatic carbocycles. The molecule has 1 fully saturated rings. The van der Waals surface area contributed by atoms with Crippen molar-refractivity contribution in [3.05, 3.63) is 54.7 Å². The quantitative estimate of drug-likeness (QED) is 0.787. The largest absolute Gasteiger partial charge is 0.338 e. The first-order valence-electron chi connectivity index (χ1n) is 6.50. The monoisotopic (exact) mass is 252 g/mol. The van der Waals surface area contributed by atoms with Gasteiger partial charge in [-0.15, -0.1) is 6.58 Å². The summed E-state index contributed by atoms with van der Waals surface area (Å²) in [7, 11) is 0. The maximum atomic E-state index is 11.9. The van der Waals surface area contributed by atoms with Crippen LogP contribution >= 0.6 is 0 Å². The second-order valence-corrected chi connectivity index (χ2v) is 5.00. The van der Waals surface area contributed by atoms with Crippen LogP contribution in [0, 0.1) is 5.92 Å². The fourth-order valence-electron chi connectivity index (χ4n) is 2.56. The molecule has 3 nitrogen and oxygen atoms in total. The van der Waals surface area contributed by atoms with E-state index in [0.29, 0.717) is 18.9 Å². The van der Waals surface area contributed by atoms with E-state index in [1.807, 2.05) is 35.2 Å². The van der Waals surface area contributed by atoms with Gasteiger partial charge in [-0.3, -0.25) is 9.78 Å². The van der Waals surface area contributed by atoms with Crippen molar-refractivity contribution in [1.29, 1.82) is 0 Å². The molecule has 0 spiro atoms. The van der Waals surface area contributed by atoms with Crippen molar-refractivity contribution in [2.45, 2.75) is 13.0 Å². The van der Waals surface area contributed by atoms with E-state index in [2.05, 4.69) is 17.6 Å². The summed E-state index contributed by atoms with van der Waals surface area (Å²) in [4.78, 5) is 18.1. The Labute approximate surface area is 112 Å². The zero-order chi connectivity index (χ0) is 13.2. The van der Waals surface area contributed by atoms with E-state index in [0.717, 1.165) is 23.0 Å². The van der Waals surface area contributed by atoms with E-state index in [1.54, 1.807) is 6.20 Å². The number of pyridine rings is 1. The molecule has 0 bridgehead atoms. The number of hydrogen-bond acceptors (Lipinski definition) is 2. The summed E-state index contributed by atoms with van der Waals surface area (Å²) in [6.07, 6.45) is 4.27. The Balaban J connectivity index is 1.82. The minimum Gasteiger partial charge on any atom is -0.338 e. The van der Waals surface area contributed by atoms with Crippen molar-refractivity contribution >= 4 is 16.8 Å². The summed E-state index contributed by atoms with van der Waals surface area (Å²) in [5, 5.41) is 1.12. The van der Waals surface area contributed by atoms with Crippen LogP contribution in [0.3, 0.4) is 0 Å². The predicted molar refractivity (Wildman–Crippen MR) is 75.5 cm³/mol. The minimum absolute atomic E-state index is 0.219. The molecular weight excluding hydrogens is 236 g/mol. The summed E-state index contributed by atoms with van der Waals surface area (Å²) >= 11 is 0. The molecule has 1 saturated heterocycles. The second-order valence-electron chi connectivity index (χ2n) is 5.00. The molecule has 1 aliphatic rings. The number of likely N-dealkylation sites (tertiary alicyclic amines) is 1. The molecule has 0 N–H and O–H groups in total. The van der Waals surface area contributed by atoms with Gasteiger partial charge in [0.1, 0.15) is 0 Å². The molecule has 19 heavy (non-hydrogen) atoms. The number of benzene rings is 1. The average molecular weight is 252 g/mol. The summed E-state index contributed by atoms with van der Waals surface area (Å²) in [5.41, 5.74) is 2.14. The molecule has 1 amide bonds. The van der Waals surface area contributed by atoms with Gasteiger partial charge in [-0.2, -0.15) is 0 Å². The summed E-state index contributed by atoms with van der Waals surface area (Å²) in [5.74, 6) is 0.519. The Hall–Kier alpha value is -2.16. The third-order valence-electron chi connectivity index (χ3n) is 3.62. The third kappa shape index (κ3) is 2.36. The molecule has 1 unspecified atom stereocenters. The van der Waals surface area contributed by atoms with Gasteiger partial charge in [-0.25, -0.2) is 0 Å². The Bertz CT molecular complexity index is 635. The number of nitrogens with zero attached hydrogens (tertiary/aromatic N) is 2. The molecule has 3 heteroatoms. The highest BCUT2D eigenvalue weighted by Gasteiger charge is 2.27. The van der Waals surface area contributed by atoms with E-state index >= 15 is 0 Å². The molecule has 0 saturated carbocycles. The Morgan fingerprint density at radius 3 is 3.11 bits per heavy atom. The van der Waals surface area contributed by atoms with Gasteiger partial charge in [0.15, 0.2) is 0 Å². The number of carbonyl (C=O) groups is 1. The number of carbonyl (C=O) groups excluding carboxylic acids is 1. The minimum atomic E-state index is 0.219. The fourth-order valence-corrected chi connectivity index (χ4v) is 2.56. The number of aromatic nitrogens is 1. The van der Waals surface area contributed by atoms with E-state index in [-0.39, 0.29) is 5.91 Å². The van der Waals surface area contributed by atoms with Gasteiger partial charge in [-0.1, -0.05) is 18.2 Å². The standard InChI is InChI=1S/C16H16N2O/c1-2-12-9-16(19)18(10-12)11-13-5-6-15-14(8-13)4-3-7-17-15/h2-8,12H,1,9-11H2. The van der Waals surface area contributed by atoms with Crippen molar-refractivity contribution in [1.82, 2.24) is 9.88 Å². The lowest BCUT2D eigenvalue weighted by atomic mass is 10.1. The summed E-state index contributed by atoms with van der Waals surface area (Å²) in [6.45, 7) is 5.23. The van der Waals surface area contributed by atoms with E-state index < -0.39 is 0 Å². The van der Waals surface area contributed by atoms with Gasteiger partial charge < -0.3 is 4.90 Å². The van der Waals surface area contributed by atoms with Gasteiger partial charge in [0, 0.05) is 37.0 Å². The van der Waals surface area contributed by atoms with E-state index in [1.165, 1.54) is 0 Å². The first-order chi connectivity index (χ1) is 9.26. The first kappa shape index (κ1) is 11.9. The van der Waals surface area contributed by atoms with E-state index in [9.17, 15) is 4.79 Å². The topological polar surface area (TPSA) is 33.2 Å². The van der Waals surface area contributed by atoms with Crippen LogP contribution in [-0.4, -0.2) is 22.3 Å². The van der Waals surface area contributed by atoms with Crippen LogP contribution in [0.4, 0.5) is 0 Å². The lowest BCUT2D eigenvalue weighted by Crippen LogP contribution is -2.24. The van der Waals surface area contributed by atoms with Gasteiger partial charge in [0.2, 0.25) is 5.91 Å². The van der Waals surface area contributed by atoms with Crippen LogP contribution < -0.4 is 0 Å². The van der Waals surface area contributed by atoms with Gasteiger partial charge in [-0.05, 0) is 23.8 Å².